The summed E-state index contributed by atoms with van der Waals surface area (Å²) in [6.07, 6.45) is 8.54. The quantitative estimate of drug-likeness (QED) is 0.591. The van der Waals surface area contributed by atoms with E-state index in [9.17, 15) is 0 Å². The zero-order valence-corrected chi connectivity index (χ0v) is 12.4. The Morgan fingerprint density at radius 1 is 1.33 bits per heavy atom. The van der Waals surface area contributed by atoms with Crippen LogP contribution in [0, 0.1) is 5.92 Å². The number of alkyl halides is 1. The molecule has 1 saturated carbocycles. The highest BCUT2D eigenvalue weighted by Gasteiger charge is 2.20. The molecule has 1 aromatic rings. The fourth-order valence-electron chi connectivity index (χ4n) is 3.00. The lowest BCUT2D eigenvalue weighted by atomic mass is 9.94. The predicted molar refractivity (Wildman–Crippen MR) is 77.2 cm³/mol. The van der Waals surface area contributed by atoms with Gasteiger partial charge in [0.05, 0.1) is 5.69 Å². The fraction of sp³-hybridized carbons (Fsp3) is 0.800. The van der Waals surface area contributed by atoms with Crippen molar-refractivity contribution in [3.63, 3.8) is 0 Å². The molecule has 102 valence electrons. The molecule has 1 heterocycles. The van der Waals surface area contributed by atoms with Crippen molar-refractivity contribution in [2.45, 2.75) is 70.7 Å². The maximum Gasteiger partial charge on any atom is 0.0624 e. The largest absolute Gasteiger partial charge is 0.270 e. The van der Waals surface area contributed by atoms with Crippen LogP contribution in [0.1, 0.15) is 57.3 Å². The average Bonchev–Trinajstić information content (AvgIpc) is 2.64. The Hall–Kier alpha value is -0.500. The Kier molecular flexibility index (Phi) is 5.11. The first-order valence-electron chi connectivity index (χ1n) is 7.42. The van der Waals surface area contributed by atoms with Crippen LogP contribution in [-0.2, 0) is 19.4 Å². The molecule has 0 saturated heterocycles. The number of hydrogen-bond donors (Lipinski definition) is 0. The summed E-state index contributed by atoms with van der Waals surface area (Å²) in [5.41, 5.74) is 2.63. The van der Waals surface area contributed by atoms with Gasteiger partial charge in [-0.1, -0.05) is 26.2 Å². The van der Waals surface area contributed by atoms with Gasteiger partial charge in [-0.05, 0) is 44.6 Å². The van der Waals surface area contributed by atoms with Gasteiger partial charge in [-0.15, -0.1) is 11.6 Å². The molecule has 2 unspecified atom stereocenters. The van der Waals surface area contributed by atoms with Gasteiger partial charge in [-0.25, -0.2) is 0 Å². The topological polar surface area (TPSA) is 17.8 Å². The van der Waals surface area contributed by atoms with Crippen molar-refractivity contribution in [2.24, 2.45) is 5.92 Å². The van der Waals surface area contributed by atoms with Gasteiger partial charge < -0.3 is 0 Å². The van der Waals surface area contributed by atoms with Crippen molar-refractivity contribution in [1.29, 1.82) is 0 Å². The Bertz CT molecular complexity index is 373. The number of aromatic nitrogens is 2. The second-order valence-electron chi connectivity index (χ2n) is 5.48. The molecule has 1 aliphatic rings. The maximum atomic E-state index is 6.37. The minimum atomic E-state index is 0.390. The molecule has 1 fully saturated rings. The van der Waals surface area contributed by atoms with E-state index in [1.165, 1.54) is 43.5 Å². The lowest BCUT2D eigenvalue weighted by molar-refractivity contribution is 0.441. The normalized spacial score (nSPS) is 25.1. The van der Waals surface area contributed by atoms with Crippen molar-refractivity contribution in [3.05, 3.63) is 17.5 Å². The van der Waals surface area contributed by atoms with Crippen molar-refractivity contribution in [1.82, 2.24) is 9.78 Å². The summed E-state index contributed by atoms with van der Waals surface area (Å²) < 4.78 is 2.17. The molecule has 0 spiro atoms. The zero-order chi connectivity index (χ0) is 13.0. The number of hydrogen-bond acceptors (Lipinski definition) is 1. The van der Waals surface area contributed by atoms with E-state index >= 15 is 0 Å². The number of nitrogens with zero attached hydrogens (tertiary/aromatic N) is 2. The van der Waals surface area contributed by atoms with Gasteiger partial charge in [0.1, 0.15) is 0 Å². The molecule has 2 rings (SSSR count). The molecule has 0 aromatic carbocycles. The van der Waals surface area contributed by atoms with Crippen molar-refractivity contribution >= 4 is 11.6 Å². The van der Waals surface area contributed by atoms with Crippen LogP contribution in [0.2, 0.25) is 0 Å². The molecular formula is C15H25ClN2. The summed E-state index contributed by atoms with van der Waals surface area (Å²) in [6, 6.07) is 2.29. The lowest BCUT2D eigenvalue weighted by Crippen LogP contribution is -2.12. The number of aryl methyl sites for hydroxylation is 2. The molecule has 0 amide bonds. The standard InChI is InChI=1S/C15H25ClN2/c1-3-14-11-15(18(4-2)17-14)10-12-7-5-6-8-13(16)9-12/h11-13H,3-10H2,1-2H3. The van der Waals surface area contributed by atoms with E-state index in [2.05, 4.69) is 29.7 Å². The van der Waals surface area contributed by atoms with Gasteiger partial charge in [0.2, 0.25) is 0 Å². The first kappa shape index (κ1) is 13.9. The summed E-state index contributed by atoms with van der Waals surface area (Å²) >= 11 is 6.37. The van der Waals surface area contributed by atoms with Crippen LogP contribution in [0.15, 0.2) is 6.07 Å². The molecule has 2 nitrogen and oxygen atoms in total. The highest BCUT2D eigenvalue weighted by molar-refractivity contribution is 6.20. The highest BCUT2D eigenvalue weighted by atomic mass is 35.5. The monoisotopic (exact) mass is 268 g/mol. The Morgan fingerprint density at radius 2 is 2.11 bits per heavy atom. The van der Waals surface area contributed by atoms with Gasteiger partial charge in [0, 0.05) is 17.6 Å². The second kappa shape index (κ2) is 6.60. The first-order valence-corrected chi connectivity index (χ1v) is 7.86. The third kappa shape index (κ3) is 3.50. The molecule has 3 heteroatoms. The van der Waals surface area contributed by atoms with E-state index < -0.39 is 0 Å². The Labute approximate surface area is 116 Å². The van der Waals surface area contributed by atoms with Gasteiger partial charge in [-0.3, -0.25) is 4.68 Å². The van der Waals surface area contributed by atoms with Crippen LogP contribution in [-0.4, -0.2) is 15.2 Å². The van der Waals surface area contributed by atoms with Crippen LogP contribution in [0.25, 0.3) is 0 Å². The molecule has 0 bridgehead atoms. The van der Waals surface area contributed by atoms with Gasteiger partial charge in [0.15, 0.2) is 0 Å². The summed E-state index contributed by atoms with van der Waals surface area (Å²) in [5, 5.41) is 5.03. The molecule has 18 heavy (non-hydrogen) atoms. The van der Waals surface area contributed by atoms with Gasteiger partial charge >= 0.3 is 0 Å². The lowest BCUT2D eigenvalue weighted by Gasteiger charge is -2.16. The second-order valence-corrected chi connectivity index (χ2v) is 6.10. The minimum Gasteiger partial charge on any atom is -0.270 e. The summed E-state index contributed by atoms with van der Waals surface area (Å²) in [4.78, 5) is 0. The average molecular weight is 269 g/mol. The molecule has 0 N–H and O–H groups in total. The van der Waals surface area contributed by atoms with E-state index in [1.54, 1.807) is 0 Å². The summed E-state index contributed by atoms with van der Waals surface area (Å²) in [5.74, 6) is 0.752. The molecular weight excluding hydrogens is 244 g/mol. The molecule has 2 atom stereocenters. The highest BCUT2D eigenvalue weighted by Crippen LogP contribution is 2.29. The molecule has 0 aliphatic heterocycles. The van der Waals surface area contributed by atoms with Crippen LogP contribution < -0.4 is 0 Å². The maximum absolute atomic E-state index is 6.37. The molecule has 1 aromatic heterocycles. The van der Waals surface area contributed by atoms with Gasteiger partial charge in [0.25, 0.3) is 0 Å². The summed E-state index contributed by atoms with van der Waals surface area (Å²) in [6.45, 7) is 5.33. The van der Waals surface area contributed by atoms with Crippen molar-refractivity contribution < 1.29 is 0 Å². The van der Waals surface area contributed by atoms with Crippen LogP contribution >= 0.6 is 11.6 Å². The van der Waals surface area contributed by atoms with Crippen LogP contribution in [0.5, 0.6) is 0 Å². The third-order valence-electron chi connectivity index (χ3n) is 4.04. The third-order valence-corrected chi connectivity index (χ3v) is 4.44. The molecule has 0 radical (unpaired) electrons. The number of halogens is 1. The fourth-order valence-corrected chi connectivity index (χ4v) is 3.41. The van der Waals surface area contributed by atoms with Gasteiger partial charge in [-0.2, -0.15) is 5.10 Å². The van der Waals surface area contributed by atoms with E-state index in [4.69, 9.17) is 11.6 Å². The van der Waals surface area contributed by atoms with Crippen molar-refractivity contribution in [2.75, 3.05) is 0 Å². The SMILES string of the molecule is CCc1cc(CC2CCCCC(Cl)C2)n(CC)n1. The van der Waals surface area contributed by atoms with Crippen molar-refractivity contribution in [3.8, 4) is 0 Å². The van der Waals surface area contributed by atoms with E-state index in [1.807, 2.05) is 0 Å². The molecule has 1 aliphatic carbocycles. The smallest absolute Gasteiger partial charge is 0.0624 e. The van der Waals surface area contributed by atoms with Crippen LogP contribution in [0.4, 0.5) is 0 Å². The predicted octanol–water partition coefficient (Wildman–Crippen LogP) is 4.20. The number of rotatable bonds is 4. The van der Waals surface area contributed by atoms with Crippen LogP contribution in [0.3, 0.4) is 0 Å². The van der Waals surface area contributed by atoms with E-state index in [0.29, 0.717) is 5.38 Å². The Balaban J connectivity index is 2.04. The van der Waals surface area contributed by atoms with E-state index in [0.717, 1.165) is 25.3 Å². The van der Waals surface area contributed by atoms with E-state index in [-0.39, 0.29) is 0 Å². The zero-order valence-electron chi connectivity index (χ0n) is 11.7. The minimum absolute atomic E-state index is 0.390. The first-order chi connectivity index (χ1) is 8.72. The Morgan fingerprint density at radius 3 is 2.83 bits per heavy atom. The summed E-state index contributed by atoms with van der Waals surface area (Å²) in [7, 11) is 0.